The monoisotopic (exact) mass is 463 g/mol. The molecule has 0 saturated heterocycles. The van der Waals surface area contributed by atoms with Crippen LogP contribution in [-0.4, -0.2) is 35.1 Å². The largest absolute Gasteiger partial charge is 0.507 e. The number of phenols is 1. The molecular weight excluding hydrogens is 437 g/mol. The van der Waals surface area contributed by atoms with Gasteiger partial charge in [0, 0.05) is 16.1 Å². The average molecular weight is 464 g/mol. The number of hydrogen-bond acceptors (Lipinski definition) is 5. The molecular formula is C24H27ClFNO5. The third kappa shape index (κ3) is 6.53. The number of aryl methyl sites for hydroxylation is 2. The van der Waals surface area contributed by atoms with Gasteiger partial charge in [-0.3, -0.25) is 4.79 Å². The van der Waals surface area contributed by atoms with E-state index in [9.17, 15) is 14.7 Å². The van der Waals surface area contributed by atoms with Gasteiger partial charge >= 0.3 is 12.1 Å². The second-order valence-corrected chi connectivity index (χ2v) is 8.73. The van der Waals surface area contributed by atoms with E-state index in [1.807, 2.05) is 0 Å². The Balaban J connectivity index is 2.67. The van der Waals surface area contributed by atoms with E-state index in [1.165, 1.54) is 12.1 Å². The van der Waals surface area contributed by atoms with Gasteiger partial charge in [-0.15, -0.1) is 0 Å². The third-order valence-corrected chi connectivity index (χ3v) is 4.59. The molecule has 1 N–H and O–H groups in total. The molecule has 0 atom stereocenters. The van der Waals surface area contributed by atoms with E-state index in [1.54, 1.807) is 53.7 Å². The summed E-state index contributed by atoms with van der Waals surface area (Å²) in [6, 6.07) is 6.05. The van der Waals surface area contributed by atoms with Gasteiger partial charge in [-0.2, -0.15) is 4.99 Å². The van der Waals surface area contributed by atoms with E-state index in [0.29, 0.717) is 21.7 Å². The number of aliphatic imine (C=N–C) groups is 1. The van der Waals surface area contributed by atoms with Crippen molar-refractivity contribution in [1.29, 1.82) is 0 Å². The maximum atomic E-state index is 15.2. The molecule has 0 spiro atoms. The highest BCUT2D eigenvalue weighted by atomic mass is 35.5. The van der Waals surface area contributed by atoms with Crippen LogP contribution in [0.5, 0.6) is 5.75 Å². The van der Waals surface area contributed by atoms with E-state index >= 15 is 4.39 Å². The van der Waals surface area contributed by atoms with Crippen molar-refractivity contribution in [3.8, 4) is 16.9 Å². The zero-order chi connectivity index (χ0) is 24.2. The van der Waals surface area contributed by atoms with Gasteiger partial charge in [0.2, 0.25) is 0 Å². The number of phenolic OH excluding ortho intramolecular Hbond substituents is 1. The van der Waals surface area contributed by atoms with E-state index in [2.05, 4.69) is 4.99 Å². The van der Waals surface area contributed by atoms with Crippen LogP contribution >= 0.6 is 11.6 Å². The molecule has 2 aromatic carbocycles. The van der Waals surface area contributed by atoms with Crippen molar-refractivity contribution in [2.45, 2.75) is 53.6 Å². The fraction of sp³-hybridized carbons (Fsp3) is 0.375. The second kappa shape index (κ2) is 10.1. The number of ether oxygens (including phenoxy) is 2. The molecule has 2 rings (SSSR count). The highest BCUT2D eigenvalue weighted by Gasteiger charge is 2.23. The van der Waals surface area contributed by atoms with Crippen LogP contribution < -0.4 is 0 Å². The van der Waals surface area contributed by atoms with Crippen molar-refractivity contribution in [3.05, 3.63) is 51.8 Å². The van der Waals surface area contributed by atoms with Gasteiger partial charge in [-0.25, -0.2) is 9.18 Å². The lowest BCUT2D eigenvalue weighted by molar-refractivity contribution is -0.141. The Morgan fingerprint density at radius 1 is 1.12 bits per heavy atom. The number of hydrogen-bond donors (Lipinski definition) is 1. The molecule has 0 aromatic heterocycles. The van der Waals surface area contributed by atoms with Crippen molar-refractivity contribution in [2.24, 2.45) is 4.99 Å². The SMILES string of the molecule is CCOC(=O)C/C(=N/C(=O)OC(C)(C)C)c1cc(-c2c(C)cc(Cl)cc2O)cc(C)c1F. The molecule has 0 heterocycles. The van der Waals surface area contributed by atoms with Crippen molar-refractivity contribution in [2.75, 3.05) is 6.61 Å². The highest BCUT2D eigenvalue weighted by molar-refractivity contribution is 6.31. The van der Waals surface area contributed by atoms with E-state index in [4.69, 9.17) is 21.1 Å². The Morgan fingerprint density at radius 3 is 2.34 bits per heavy atom. The molecule has 0 bridgehead atoms. The summed E-state index contributed by atoms with van der Waals surface area (Å²) in [5.41, 5.74) is 0.824. The molecule has 0 aliphatic carbocycles. The molecule has 0 aliphatic heterocycles. The molecule has 1 amide bonds. The lowest BCUT2D eigenvalue weighted by atomic mass is 9.93. The summed E-state index contributed by atoms with van der Waals surface area (Å²) in [5, 5.41) is 10.8. The molecule has 0 unspecified atom stereocenters. The Kier molecular flexibility index (Phi) is 8.02. The van der Waals surface area contributed by atoms with Crippen LogP contribution in [0.4, 0.5) is 9.18 Å². The molecule has 2 aromatic rings. The van der Waals surface area contributed by atoms with E-state index < -0.39 is 29.9 Å². The van der Waals surface area contributed by atoms with Gasteiger partial charge in [-0.1, -0.05) is 11.6 Å². The maximum absolute atomic E-state index is 15.2. The number of amides is 1. The van der Waals surface area contributed by atoms with Crippen molar-refractivity contribution >= 4 is 29.4 Å². The van der Waals surface area contributed by atoms with Crippen LogP contribution in [0, 0.1) is 19.7 Å². The Morgan fingerprint density at radius 2 is 1.78 bits per heavy atom. The number of carbonyl (C=O) groups excluding carboxylic acids is 2. The van der Waals surface area contributed by atoms with Crippen LogP contribution in [0.2, 0.25) is 5.02 Å². The van der Waals surface area contributed by atoms with E-state index in [0.717, 1.165) is 0 Å². The van der Waals surface area contributed by atoms with E-state index in [-0.39, 0.29) is 29.2 Å². The van der Waals surface area contributed by atoms with Crippen molar-refractivity contribution in [1.82, 2.24) is 0 Å². The number of benzene rings is 2. The molecule has 0 radical (unpaired) electrons. The molecule has 0 aliphatic rings. The molecule has 8 heteroatoms. The molecule has 32 heavy (non-hydrogen) atoms. The Hall–Kier alpha value is -2.93. The lowest BCUT2D eigenvalue weighted by Gasteiger charge is -2.18. The van der Waals surface area contributed by atoms with Crippen LogP contribution in [0.1, 0.15) is 50.8 Å². The average Bonchev–Trinajstić information content (AvgIpc) is 2.61. The summed E-state index contributed by atoms with van der Waals surface area (Å²) in [4.78, 5) is 28.4. The van der Waals surface area contributed by atoms with Crippen LogP contribution in [0.3, 0.4) is 0 Å². The summed E-state index contributed by atoms with van der Waals surface area (Å²) in [6.45, 7) is 10.1. The Bertz CT molecular complexity index is 1050. The summed E-state index contributed by atoms with van der Waals surface area (Å²) in [6.07, 6.45) is -1.39. The number of nitrogens with zero attached hydrogens (tertiary/aromatic N) is 1. The smallest absolute Gasteiger partial charge is 0.434 e. The van der Waals surface area contributed by atoms with Crippen molar-refractivity contribution in [3.63, 3.8) is 0 Å². The zero-order valence-electron chi connectivity index (χ0n) is 19.0. The molecule has 0 fully saturated rings. The van der Waals surface area contributed by atoms with Gasteiger partial charge in [-0.05, 0) is 82.5 Å². The minimum atomic E-state index is -0.954. The minimum Gasteiger partial charge on any atom is -0.507 e. The maximum Gasteiger partial charge on any atom is 0.434 e. The summed E-state index contributed by atoms with van der Waals surface area (Å²) < 4.78 is 25.3. The minimum absolute atomic E-state index is 0.0623. The number of halogens is 2. The van der Waals surface area contributed by atoms with Crippen LogP contribution in [-0.2, 0) is 14.3 Å². The molecule has 6 nitrogen and oxygen atoms in total. The number of esters is 1. The first kappa shape index (κ1) is 25.3. The first-order chi connectivity index (χ1) is 14.8. The first-order valence-corrected chi connectivity index (χ1v) is 10.5. The first-order valence-electron chi connectivity index (χ1n) is 10.1. The molecule has 172 valence electrons. The topological polar surface area (TPSA) is 85.2 Å². The standard InChI is InChI=1S/C24H27ClFNO5/c1-7-31-20(29)12-18(27-23(30)32-24(4,5)6)17-10-15(8-14(3)22(17)26)21-13(2)9-16(25)11-19(21)28/h8-11,28H,7,12H2,1-6H3/b27-18-. The zero-order valence-corrected chi connectivity index (χ0v) is 19.8. The van der Waals surface area contributed by atoms with Gasteiger partial charge in [0.15, 0.2) is 0 Å². The predicted octanol–water partition coefficient (Wildman–Crippen LogP) is 6.15. The lowest BCUT2D eigenvalue weighted by Crippen LogP contribution is -2.23. The van der Waals surface area contributed by atoms with Crippen molar-refractivity contribution < 1.29 is 28.6 Å². The van der Waals surface area contributed by atoms with Crippen LogP contribution in [0.15, 0.2) is 29.3 Å². The molecule has 0 saturated carbocycles. The number of rotatable bonds is 5. The third-order valence-electron chi connectivity index (χ3n) is 4.37. The number of aromatic hydroxyl groups is 1. The fourth-order valence-corrected chi connectivity index (χ4v) is 3.43. The summed E-state index contributed by atoms with van der Waals surface area (Å²) in [7, 11) is 0. The fourth-order valence-electron chi connectivity index (χ4n) is 3.16. The summed E-state index contributed by atoms with van der Waals surface area (Å²) >= 11 is 6.00. The predicted molar refractivity (Wildman–Crippen MR) is 122 cm³/mol. The highest BCUT2D eigenvalue weighted by Crippen LogP contribution is 2.37. The quantitative estimate of drug-likeness (QED) is 0.424. The summed E-state index contributed by atoms with van der Waals surface area (Å²) in [5.74, 6) is -1.39. The van der Waals surface area contributed by atoms with Crippen LogP contribution in [0.25, 0.3) is 11.1 Å². The van der Waals surface area contributed by atoms with Gasteiger partial charge in [0.1, 0.15) is 17.2 Å². The van der Waals surface area contributed by atoms with Gasteiger partial charge in [0.25, 0.3) is 0 Å². The normalized spacial score (nSPS) is 11.9. The second-order valence-electron chi connectivity index (χ2n) is 8.29. The Labute approximate surface area is 192 Å². The van der Waals surface area contributed by atoms with Gasteiger partial charge in [0.05, 0.1) is 18.7 Å². The van der Waals surface area contributed by atoms with Gasteiger partial charge < -0.3 is 14.6 Å². The number of carbonyl (C=O) groups is 2.